The van der Waals surface area contributed by atoms with E-state index < -0.39 is 0 Å². The third-order valence-corrected chi connectivity index (χ3v) is 2.93. The fraction of sp³-hybridized carbons (Fsp3) is 0.615. The van der Waals surface area contributed by atoms with Crippen molar-refractivity contribution in [1.29, 1.82) is 0 Å². The maximum absolute atomic E-state index is 11.8. The molecule has 0 unspecified atom stereocenters. The fourth-order valence-corrected chi connectivity index (χ4v) is 1.75. The van der Waals surface area contributed by atoms with E-state index in [0.717, 1.165) is 12.8 Å². The van der Waals surface area contributed by atoms with Gasteiger partial charge >= 0.3 is 0 Å². The molecule has 1 saturated carbocycles. The molecule has 1 aliphatic rings. The standard InChI is InChI=1S/C13H21N5O2/c1-3-20-8-11-16-10(14)6-12(17-11)18(2)7-13(19)15-9-4-5-9/h6,9H,3-5,7-8H2,1-2H3,(H,15,19)(H2,14,16,17). The number of nitrogen functional groups attached to an aromatic ring is 1. The molecule has 7 heteroatoms. The van der Waals surface area contributed by atoms with Crippen molar-refractivity contribution in [2.75, 3.05) is 30.8 Å². The maximum Gasteiger partial charge on any atom is 0.239 e. The Kier molecular flexibility index (Phi) is 4.73. The molecule has 0 bridgehead atoms. The van der Waals surface area contributed by atoms with Gasteiger partial charge in [0.25, 0.3) is 0 Å². The summed E-state index contributed by atoms with van der Waals surface area (Å²) in [6, 6.07) is 2.01. The molecule has 20 heavy (non-hydrogen) atoms. The lowest BCUT2D eigenvalue weighted by Crippen LogP contribution is -2.36. The highest BCUT2D eigenvalue weighted by atomic mass is 16.5. The Labute approximate surface area is 118 Å². The molecule has 2 rings (SSSR count). The summed E-state index contributed by atoms with van der Waals surface area (Å²) in [4.78, 5) is 22.0. The van der Waals surface area contributed by atoms with E-state index in [1.165, 1.54) is 0 Å². The third-order valence-electron chi connectivity index (χ3n) is 2.93. The minimum absolute atomic E-state index is 0.00135. The molecule has 0 atom stereocenters. The van der Waals surface area contributed by atoms with Crippen molar-refractivity contribution in [3.05, 3.63) is 11.9 Å². The number of nitrogens with one attached hydrogen (secondary N) is 1. The molecule has 3 N–H and O–H groups in total. The number of aromatic nitrogens is 2. The largest absolute Gasteiger partial charge is 0.384 e. The number of carbonyl (C=O) groups is 1. The van der Waals surface area contributed by atoms with E-state index in [4.69, 9.17) is 10.5 Å². The lowest BCUT2D eigenvalue weighted by Gasteiger charge is -2.18. The van der Waals surface area contributed by atoms with Crippen LogP contribution in [0.25, 0.3) is 0 Å². The van der Waals surface area contributed by atoms with Gasteiger partial charge in [-0.1, -0.05) is 0 Å². The van der Waals surface area contributed by atoms with E-state index in [2.05, 4.69) is 15.3 Å². The van der Waals surface area contributed by atoms with Crippen LogP contribution in [0.15, 0.2) is 6.07 Å². The van der Waals surface area contributed by atoms with Gasteiger partial charge in [0.2, 0.25) is 5.91 Å². The second-order valence-electron chi connectivity index (χ2n) is 4.90. The van der Waals surface area contributed by atoms with Gasteiger partial charge in [0.05, 0.1) is 6.54 Å². The topological polar surface area (TPSA) is 93.4 Å². The van der Waals surface area contributed by atoms with Gasteiger partial charge in [0, 0.05) is 25.8 Å². The lowest BCUT2D eigenvalue weighted by molar-refractivity contribution is -0.119. The molecule has 7 nitrogen and oxygen atoms in total. The molecule has 0 aliphatic heterocycles. The van der Waals surface area contributed by atoms with Crippen LogP contribution in [0.3, 0.4) is 0 Å². The summed E-state index contributed by atoms with van der Waals surface area (Å²) in [6.45, 7) is 3.06. The highest BCUT2D eigenvalue weighted by molar-refractivity contribution is 5.81. The first kappa shape index (κ1) is 14.5. The minimum Gasteiger partial charge on any atom is -0.384 e. The van der Waals surface area contributed by atoms with Crippen LogP contribution in [0.2, 0.25) is 0 Å². The Morgan fingerprint density at radius 1 is 1.55 bits per heavy atom. The van der Waals surface area contributed by atoms with Gasteiger partial charge in [-0.3, -0.25) is 4.79 Å². The number of nitrogens with zero attached hydrogens (tertiary/aromatic N) is 3. The molecule has 0 aromatic carbocycles. The van der Waals surface area contributed by atoms with Gasteiger partial charge in [0.1, 0.15) is 18.2 Å². The Bertz CT molecular complexity index is 476. The fourth-order valence-electron chi connectivity index (χ4n) is 1.75. The molecule has 0 spiro atoms. The van der Waals surface area contributed by atoms with Crippen LogP contribution in [0.4, 0.5) is 11.6 Å². The number of carbonyl (C=O) groups excluding carboxylic acids is 1. The molecule has 1 heterocycles. The summed E-state index contributed by atoms with van der Waals surface area (Å²) in [5.41, 5.74) is 5.76. The average Bonchev–Trinajstić information content (AvgIpc) is 3.19. The van der Waals surface area contributed by atoms with Gasteiger partial charge in [-0.05, 0) is 19.8 Å². The second-order valence-corrected chi connectivity index (χ2v) is 4.90. The molecule has 0 saturated heterocycles. The number of rotatable bonds is 7. The van der Waals surface area contributed by atoms with Gasteiger partial charge in [-0.15, -0.1) is 0 Å². The Balaban J connectivity index is 1.98. The summed E-state index contributed by atoms with van der Waals surface area (Å²) in [5.74, 6) is 1.52. The van der Waals surface area contributed by atoms with Crippen molar-refractivity contribution in [3.8, 4) is 0 Å². The van der Waals surface area contributed by atoms with E-state index in [1.54, 1.807) is 18.0 Å². The van der Waals surface area contributed by atoms with Crippen molar-refractivity contribution in [2.45, 2.75) is 32.4 Å². The highest BCUT2D eigenvalue weighted by Gasteiger charge is 2.23. The molecule has 0 radical (unpaired) electrons. The SMILES string of the molecule is CCOCc1nc(N)cc(N(C)CC(=O)NC2CC2)n1. The van der Waals surface area contributed by atoms with Crippen molar-refractivity contribution in [1.82, 2.24) is 15.3 Å². The molecule has 1 fully saturated rings. The predicted molar refractivity (Wildman–Crippen MR) is 76.2 cm³/mol. The monoisotopic (exact) mass is 279 g/mol. The number of hydrogen-bond acceptors (Lipinski definition) is 6. The summed E-state index contributed by atoms with van der Waals surface area (Å²) >= 11 is 0. The van der Waals surface area contributed by atoms with Gasteiger partial charge < -0.3 is 20.7 Å². The van der Waals surface area contributed by atoms with Crippen LogP contribution in [0.1, 0.15) is 25.6 Å². The number of ether oxygens (including phenoxy) is 1. The van der Waals surface area contributed by atoms with E-state index in [9.17, 15) is 4.79 Å². The zero-order chi connectivity index (χ0) is 14.5. The van der Waals surface area contributed by atoms with E-state index in [-0.39, 0.29) is 12.5 Å². The van der Waals surface area contributed by atoms with Crippen LogP contribution in [-0.4, -0.2) is 42.1 Å². The first-order valence-electron chi connectivity index (χ1n) is 6.80. The second kappa shape index (κ2) is 6.51. The van der Waals surface area contributed by atoms with Gasteiger partial charge in [-0.2, -0.15) is 0 Å². The minimum atomic E-state index is -0.00135. The zero-order valence-corrected chi connectivity index (χ0v) is 11.9. The normalized spacial score (nSPS) is 14.1. The summed E-state index contributed by atoms with van der Waals surface area (Å²) < 4.78 is 5.27. The van der Waals surface area contributed by atoms with Crippen molar-refractivity contribution >= 4 is 17.5 Å². The van der Waals surface area contributed by atoms with Crippen molar-refractivity contribution < 1.29 is 9.53 Å². The summed E-state index contributed by atoms with van der Waals surface area (Å²) in [7, 11) is 1.80. The molecular weight excluding hydrogens is 258 g/mol. The summed E-state index contributed by atoms with van der Waals surface area (Å²) in [6.07, 6.45) is 2.16. The smallest absolute Gasteiger partial charge is 0.239 e. The molecule has 1 amide bonds. The van der Waals surface area contributed by atoms with E-state index >= 15 is 0 Å². The van der Waals surface area contributed by atoms with Crippen molar-refractivity contribution in [2.24, 2.45) is 0 Å². The Hall–Kier alpha value is -1.89. The molecule has 110 valence electrons. The number of likely N-dealkylation sites (N-methyl/N-ethyl adjacent to an activating group) is 1. The number of hydrogen-bond donors (Lipinski definition) is 2. The van der Waals surface area contributed by atoms with Crippen LogP contribution >= 0.6 is 0 Å². The lowest BCUT2D eigenvalue weighted by atomic mass is 10.4. The maximum atomic E-state index is 11.8. The molecule has 1 aromatic rings. The van der Waals surface area contributed by atoms with Gasteiger partial charge in [-0.25, -0.2) is 9.97 Å². The van der Waals surface area contributed by atoms with Crippen LogP contribution in [-0.2, 0) is 16.1 Å². The van der Waals surface area contributed by atoms with Crippen LogP contribution in [0.5, 0.6) is 0 Å². The zero-order valence-electron chi connectivity index (χ0n) is 11.9. The quantitative estimate of drug-likeness (QED) is 0.746. The number of amides is 1. The number of nitrogens with two attached hydrogens (primary N) is 1. The molecule has 1 aliphatic carbocycles. The molecule has 1 aromatic heterocycles. The highest BCUT2D eigenvalue weighted by Crippen LogP contribution is 2.18. The number of anilines is 2. The molecular formula is C13H21N5O2. The van der Waals surface area contributed by atoms with E-state index in [1.807, 2.05) is 6.92 Å². The van der Waals surface area contributed by atoms with Crippen LogP contribution < -0.4 is 16.0 Å². The third kappa shape index (κ3) is 4.34. The Morgan fingerprint density at radius 3 is 2.95 bits per heavy atom. The Morgan fingerprint density at radius 2 is 2.30 bits per heavy atom. The van der Waals surface area contributed by atoms with Crippen LogP contribution in [0, 0.1) is 0 Å². The van der Waals surface area contributed by atoms with Gasteiger partial charge in [0.15, 0.2) is 5.82 Å². The summed E-state index contributed by atoms with van der Waals surface area (Å²) in [5, 5.41) is 2.94. The predicted octanol–water partition coefficient (Wildman–Crippen LogP) is 0.310. The average molecular weight is 279 g/mol. The first-order chi connectivity index (χ1) is 9.58. The van der Waals surface area contributed by atoms with Crippen molar-refractivity contribution in [3.63, 3.8) is 0 Å². The van der Waals surface area contributed by atoms with E-state index in [0.29, 0.717) is 36.7 Å². The first-order valence-corrected chi connectivity index (χ1v) is 6.80.